The third kappa shape index (κ3) is 2.15. The van der Waals surface area contributed by atoms with Crippen molar-refractivity contribution in [2.45, 2.75) is 38.0 Å². The molecule has 1 fully saturated rings. The lowest BCUT2D eigenvalue weighted by molar-refractivity contribution is -0.143. The van der Waals surface area contributed by atoms with Crippen molar-refractivity contribution < 1.29 is 9.90 Å². The molecule has 1 aromatic rings. The van der Waals surface area contributed by atoms with Crippen molar-refractivity contribution in [1.29, 1.82) is 0 Å². The van der Waals surface area contributed by atoms with Crippen LogP contribution in [-0.4, -0.2) is 17.6 Å². The van der Waals surface area contributed by atoms with Crippen LogP contribution in [0.4, 0.5) is 0 Å². The van der Waals surface area contributed by atoms with Gasteiger partial charge in [0.1, 0.15) is 0 Å². The van der Waals surface area contributed by atoms with Gasteiger partial charge in [-0.1, -0.05) is 37.3 Å². The first-order valence-electron chi connectivity index (χ1n) is 6.53. The van der Waals surface area contributed by atoms with Crippen LogP contribution < -0.4 is 5.73 Å². The van der Waals surface area contributed by atoms with Crippen molar-refractivity contribution >= 4 is 5.97 Å². The van der Waals surface area contributed by atoms with Crippen LogP contribution in [0.15, 0.2) is 30.3 Å². The first-order chi connectivity index (χ1) is 8.56. The fourth-order valence-corrected chi connectivity index (χ4v) is 3.50. The summed E-state index contributed by atoms with van der Waals surface area (Å²) in [6.45, 7) is 2.64. The minimum absolute atomic E-state index is 0.135. The van der Waals surface area contributed by atoms with Gasteiger partial charge in [0.05, 0.1) is 6.42 Å². The smallest absolute Gasteiger partial charge is 0.303 e. The van der Waals surface area contributed by atoms with Crippen molar-refractivity contribution in [2.24, 2.45) is 11.1 Å². The monoisotopic (exact) mass is 247 g/mol. The Hall–Kier alpha value is -1.35. The van der Waals surface area contributed by atoms with E-state index in [-0.39, 0.29) is 17.3 Å². The van der Waals surface area contributed by atoms with E-state index < -0.39 is 5.97 Å². The van der Waals surface area contributed by atoms with E-state index >= 15 is 0 Å². The minimum Gasteiger partial charge on any atom is -0.481 e. The van der Waals surface area contributed by atoms with Crippen molar-refractivity contribution in [3.63, 3.8) is 0 Å². The molecule has 0 amide bonds. The van der Waals surface area contributed by atoms with Gasteiger partial charge < -0.3 is 10.8 Å². The molecule has 1 aliphatic rings. The Balaban J connectivity index is 2.18. The molecule has 0 aliphatic heterocycles. The van der Waals surface area contributed by atoms with Gasteiger partial charge in [-0.25, -0.2) is 0 Å². The number of nitrogens with two attached hydrogens (primary N) is 1. The molecule has 0 radical (unpaired) electrons. The fraction of sp³-hybridized carbons (Fsp3) is 0.533. The molecule has 0 saturated heterocycles. The number of carboxylic acids is 1. The highest BCUT2D eigenvalue weighted by atomic mass is 16.4. The molecule has 0 heterocycles. The zero-order valence-corrected chi connectivity index (χ0v) is 10.9. The van der Waals surface area contributed by atoms with E-state index in [2.05, 4.69) is 19.1 Å². The van der Waals surface area contributed by atoms with E-state index in [0.29, 0.717) is 6.54 Å². The Kier molecular flexibility index (Phi) is 3.44. The molecule has 0 atom stereocenters. The maximum atomic E-state index is 10.9. The number of carbonyl (C=O) groups is 1. The summed E-state index contributed by atoms with van der Waals surface area (Å²) >= 11 is 0. The van der Waals surface area contributed by atoms with Gasteiger partial charge in [0, 0.05) is 0 Å². The number of carboxylic acid groups (broad SMARTS) is 1. The molecule has 0 aromatic heterocycles. The number of benzene rings is 1. The van der Waals surface area contributed by atoms with Gasteiger partial charge in [0.2, 0.25) is 0 Å². The molecule has 1 saturated carbocycles. The number of aliphatic carboxylic acids is 1. The zero-order valence-electron chi connectivity index (χ0n) is 10.9. The lowest BCUT2D eigenvalue weighted by Crippen LogP contribution is -2.53. The second-order valence-electron chi connectivity index (χ2n) is 5.63. The van der Waals surface area contributed by atoms with Gasteiger partial charge in [-0.05, 0) is 42.2 Å². The van der Waals surface area contributed by atoms with Crippen LogP contribution in [0.2, 0.25) is 0 Å². The van der Waals surface area contributed by atoms with E-state index in [1.165, 1.54) is 5.56 Å². The largest absolute Gasteiger partial charge is 0.481 e. The van der Waals surface area contributed by atoms with Gasteiger partial charge >= 0.3 is 5.97 Å². The number of hydrogen-bond acceptors (Lipinski definition) is 2. The molecule has 3 N–H and O–H groups in total. The highest BCUT2D eigenvalue weighted by Crippen LogP contribution is 2.58. The second kappa shape index (κ2) is 4.73. The molecule has 3 nitrogen and oxygen atoms in total. The molecule has 0 unspecified atom stereocenters. The normalized spacial score (nSPS) is 30.8. The highest BCUT2D eigenvalue weighted by Gasteiger charge is 2.54. The highest BCUT2D eigenvalue weighted by molar-refractivity contribution is 5.68. The van der Waals surface area contributed by atoms with Crippen molar-refractivity contribution in [1.82, 2.24) is 0 Å². The average Bonchev–Trinajstić information content (AvgIpc) is 2.34. The lowest BCUT2D eigenvalue weighted by Gasteiger charge is -2.56. The number of rotatable bonds is 5. The molecular weight excluding hydrogens is 226 g/mol. The summed E-state index contributed by atoms with van der Waals surface area (Å²) < 4.78 is 0. The van der Waals surface area contributed by atoms with Gasteiger partial charge in [-0.2, -0.15) is 0 Å². The Morgan fingerprint density at radius 1 is 1.33 bits per heavy atom. The zero-order chi connectivity index (χ0) is 13.2. The van der Waals surface area contributed by atoms with Crippen molar-refractivity contribution in [2.75, 3.05) is 6.54 Å². The fourth-order valence-electron chi connectivity index (χ4n) is 3.50. The summed E-state index contributed by atoms with van der Waals surface area (Å²) in [5, 5.41) is 9.00. The van der Waals surface area contributed by atoms with Crippen LogP contribution in [0.5, 0.6) is 0 Å². The third-order valence-electron chi connectivity index (χ3n) is 4.45. The summed E-state index contributed by atoms with van der Waals surface area (Å²) in [7, 11) is 0. The van der Waals surface area contributed by atoms with Crippen molar-refractivity contribution in [3.8, 4) is 0 Å². The van der Waals surface area contributed by atoms with Crippen LogP contribution >= 0.6 is 0 Å². The Morgan fingerprint density at radius 3 is 2.39 bits per heavy atom. The standard InChI is InChI=1S/C15H21NO2/c1-2-15(12-6-4-3-5-7-12)9-14(10-15,11-16)8-13(17)18/h3-7H,2,8-11,16H2,1H3,(H,17,18)/t14-,15+. The Bertz CT molecular complexity index is 421. The maximum Gasteiger partial charge on any atom is 0.303 e. The van der Waals surface area contributed by atoms with Gasteiger partial charge in [-0.15, -0.1) is 0 Å². The summed E-state index contributed by atoms with van der Waals surface area (Å²) in [5.74, 6) is -0.738. The van der Waals surface area contributed by atoms with Gasteiger partial charge in [0.25, 0.3) is 0 Å². The lowest BCUT2D eigenvalue weighted by atomic mass is 9.48. The van der Waals surface area contributed by atoms with E-state index in [1.54, 1.807) is 0 Å². The summed E-state index contributed by atoms with van der Waals surface area (Å²) in [6, 6.07) is 10.4. The molecule has 3 heteroatoms. The third-order valence-corrected chi connectivity index (χ3v) is 4.45. The predicted octanol–water partition coefficient (Wildman–Crippen LogP) is 2.55. The molecular formula is C15H21NO2. The van der Waals surface area contributed by atoms with Crippen molar-refractivity contribution in [3.05, 3.63) is 35.9 Å². The molecule has 18 heavy (non-hydrogen) atoms. The second-order valence-corrected chi connectivity index (χ2v) is 5.63. The SMILES string of the molecule is CC[C@]1(c2ccccc2)C[C@](CN)(CC(=O)O)C1. The Morgan fingerprint density at radius 2 is 1.94 bits per heavy atom. The molecule has 1 aliphatic carbocycles. The van der Waals surface area contributed by atoms with Crippen LogP contribution in [0.1, 0.15) is 38.2 Å². The minimum atomic E-state index is -0.738. The summed E-state index contributed by atoms with van der Waals surface area (Å²) in [5.41, 5.74) is 7.07. The molecule has 98 valence electrons. The van der Waals surface area contributed by atoms with Crippen LogP contribution in [0, 0.1) is 5.41 Å². The van der Waals surface area contributed by atoms with E-state index in [4.69, 9.17) is 10.8 Å². The molecule has 0 bridgehead atoms. The topological polar surface area (TPSA) is 63.3 Å². The predicted molar refractivity (Wildman–Crippen MR) is 71.4 cm³/mol. The number of hydrogen-bond donors (Lipinski definition) is 2. The maximum absolute atomic E-state index is 10.9. The first kappa shape index (κ1) is 13.1. The average molecular weight is 247 g/mol. The quantitative estimate of drug-likeness (QED) is 0.840. The Labute approximate surface area is 108 Å². The van der Waals surface area contributed by atoms with E-state index in [1.807, 2.05) is 18.2 Å². The van der Waals surface area contributed by atoms with Gasteiger partial charge in [-0.3, -0.25) is 4.79 Å². The first-order valence-corrected chi connectivity index (χ1v) is 6.53. The molecule has 1 aromatic carbocycles. The van der Waals surface area contributed by atoms with Crippen LogP contribution in [-0.2, 0) is 10.2 Å². The van der Waals surface area contributed by atoms with Crippen LogP contribution in [0.25, 0.3) is 0 Å². The van der Waals surface area contributed by atoms with E-state index in [0.717, 1.165) is 19.3 Å². The summed E-state index contributed by atoms with van der Waals surface area (Å²) in [4.78, 5) is 10.9. The van der Waals surface area contributed by atoms with E-state index in [9.17, 15) is 4.79 Å². The van der Waals surface area contributed by atoms with Crippen LogP contribution in [0.3, 0.4) is 0 Å². The molecule has 2 rings (SSSR count). The van der Waals surface area contributed by atoms with Gasteiger partial charge in [0.15, 0.2) is 0 Å². The summed E-state index contributed by atoms with van der Waals surface area (Å²) in [6.07, 6.45) is 3.02. The molecule has 0 spiro atoms.